The van der Waals surface area contributed by atoms with Crippen LogP contribution in [0.5, 0.6) is 0 Å². The van der Waals surface area contributed by atoms with Crippen LogP contribution in [0.1, 0.15) is 74.1 Å². The lowest BCUT2D eigenvalue weighted by Crippen LogP contribution is -2.43. The van der Waals surface area contributed by atoms with E-state index in [1.807, 2.05) is 0 Å². The molecule has 378 valence electrons. The number of Topliss-reactive ketones (excluding diaryl/α,β-unsaturated/α-hetero) is 2. The van der Waals surface area contributed by atoms with E-state index in [1.165, 1.54) is 72.7 Å². The van der Waals surface area contributed by atoms with Crippen LogP contribution in [0.15, 0.2) is 95.1 Å². The van der Waals surface area contributed by atoms with Crippen molar-refractivity contribution in [2.24, 2.45) is 11.8 Å². The number of nitrogens with zero attached hydrogens (tertiary/aromatic N) is 4. The molecule has 5 fully saturated rings. The van der Waals surface area contributed by atoms with E-state index in [2.05, 4.69) is 16.7 Å². The highest BCUT2D eigenvalue weighted by Crippen LogP contribution is 2.38. The summed E-state index contributed by atoms with van der Waals surface area (Å²) >= 11 is 0. The smallest absolute Gasteiger partial charge is 0.224 e. The minimum absolute atomic E-state index is 0.0152. The SMILES string of the molecule is CC1CCCN1CCC(=O)N1C/C(=C\c2ccc(F)c(F)c2)C(=O)/C(=C/c2ccc(F)c(F)c2)C1.O=C1/C(=C/c2ccc(F)c(F)c2)CN(C(=O)CCN2CC3CCCC3C2)C/C1=C\c1ccc(F)c(F)c1. The summed E-state index contributed by atoms with van der Waals surface area (Å²) in [6.07, 6.45) is 12.3. The molecule has 1 aliphatic carbocycles. The van der Waals surface area contributed by atoms with Gasteiger partial charge in [-0.1, -0.05) is 30.7 Å². The van der Waals surface area contributed by atoms with Gasteiger partial charge >= 0.3 is 0 Å². The Balaban J connectivity index is 0.000000193. The van der Waals surface area contributed by atoms with Crippen molar-refractivity contribution in [3.05, 3.63) is 164 Å². The molecule has 4 aliphatic heterocycles. The molecule has 72 heavy (non-hydrogen) atoms. The zero-order chi connectivity index (χ0) is 51.2. The molecule has 0 N–H and O–H groups in total. The Morgan fingerprint density at radius 2 is 0.833 bits per heavy atom. The van der Waals surface area contributed by atoms with Gasteiger partial charge in [0.15, 0.2) is 58.1 Å². The molecule has 0 aromatic heterocycles. The molecule has 3 unspecified atom stereocenters. The van der Waals surface area contributed by atoms with E-state index in [-0.39, 0.29) is 94.7 Å². The number of hydrogen-bond acceptors (Lipinski definition) is 6. The maximum absolute atomic E-state index is 13.8. The number of rotatable bonds is 10. The fourth-order valence-corrected chi connectivity index (χ4v) is 10.3. The van der Waals surface area contributed by atoms with E-state index in [0.29, 0.717) is 25.6 Å². The van der Waals surface area contributed by atoms with Gasteiger partial charge in [0.1, 0.15) is 0 Å². The molecule has 1 saturated carbocycles. The Labute approximate surface area is 413 Å². The van der Waals surface area contributed by atoms with Crippen molar-refractivity contribution < 1.29 is 54.3 Å². The quantitative estimate of drug-likeness (QED) is 0.116. The average Bonchev–Trinajstić information content (AvgIpc) is 4.09. The first kappa shape index (κ1) is 51.8. The topological polar surface area (TPSA) is 81.2 Å². The standard InChI is InChI=1S/C29H28F4N2O2.C27H26F4N2O2/c30-24-6-4-18(12-26(24)32)10-22-16-35(28(36)8-9-34-14-20-2-1-3-21(20)15-34)17-23(29(22)37)11-19-5-7-25(31)27(33)13-19;1-17-3-2-9-32(17)10-8-26(34)33-15-20(11-18-4-6-22(28)24(30)13-18)27(35)21(16-33)12-19-5-7-23(29)25(31)14-19/h4-7,10-13,20-21H,1-3,8-9,14-17H2;4-7,11-14,17H,2-3,8-10,15-16H2,1H3/b22-10+,23-11+;20-11+,21-12+. The highest BCUT2D eigenvalue weighted by atomic mass is 19.2. The summed E-state index contributed by atoms with van der Waals surface area (Å²) in [5.41, 5.74) is 2.03. The van der Waals surface area contributed by atoms with Crippen molar-refractivity contribution in [1.29, 1.82) is 0 Å². The van der Waals surface area contributed by atoms with Crippen LogP contribution in [0.2, 0.25) is 0 Å². The van der Waals surface area contributed by atoms with Crippen molar-refractivity contribution >= 4 is 47.7 Å². The van der Waals surface area contributed by atoms with E-state index in [4.69, 9.17) is 0 Å². The zero-order valence-electron chi connectivity index (χ0n) is 39.7. The van der Waals surface area contributed by atoms with Gasteiger partial charge in [0.05, 0.1) is 0 Å². The lowest BCUT2D eigenvalue weighted by atomic mass is 9.94. The number of fused-ring (bicyclic) bond motifs is 1. The Bertz CT molecular complexity index is 2720. The number of hydrogen-bond donors (Lipinski definition) is 0. The molecule has 4 saturated heterocycles. The minimum atomic E-state index is -1.05. The van der Waals surface area contributed by atoms with Crippen LogP contribution in [0.25, 0.3) is 24.3 Å². The first-order valence-electron chi connectivity index (χ1n) is 24.2. The van der Waals surface area contributed by atoms with Crippen LogP contribution in [-0.2, 0) is 19.2 Å². The number of carbonyl (C=O) groups excluding carboxylic acids is 4. The second-order valence-corrected chi connectivity index (χ2v) is 19.3. The summed E-state index contributed by atoms with van der Waals surface area (Å²) < 4.78 is 108. The second-order valence-electron chi connectivity index (χ2n) is 19.3. The summed E-state index contributed by atoms with van der Waals surface area (Å²) in [4.78, 5) is 60.4. The van der Waals surface area contributed by atoms with Gasteiger partial charge in [0.25, 0.3) is 0 Å². The molecular weight excluding hydrogens is 945 g/mol. The van der Waals surface area contributed by atoms with Crippen LogP contribution in [0.4, 0.5) is 35.1 Å². The van der Waals surface area contributed by atoms with Crippen molar-refractivity contribution in [2.45, 2.75) is 57.9 Å². The van der Waals surface area contributed by atoms with E-state index in [9.17, 15) is 54.3 Å². The molecule has 0 radical (unpaired) electrons. The largest absolute Gasteiger partial charge is 0.334 e. The molecule has 8 nitrogen and oxygen atoms in total. The monoisotopic (exact) mass is 998 g/mol. The summed E-state index contributed by atoms with van der Waals surface area (Å²) in [7, 11) is 0. The van der Waals surface area contributed by atoms with Gasteiger partial charge in [-0.3, -0.25) is 19.2 Å². The summed E-state index contributed by atoms with van der Waals surface area (Å²) in [6, 6.07) is 13.6. The van der Waals surface area contributed by atoms with Crippen LogP contribution in [0, 0.1) is 58.4 Å². The Hall–Kier alpha value is -6.52. The molecule has 3 atom stereocenters. The van der Waals surface area contributed by atoms with Gasteiger partial charge in [0.2, 0.25) is 11.8 Å². The molecule has 4 heterocycles. The molecule has 16 heteroatoms. The Morgan fingerprint density at radius 1 is 0.486 bits per heavy atom. The number of ketones is 2. The van der Waals surface area contributed by atoms with Gasteiger partial charge in [-0.05, 0) is 146 Å². The third-order valence-electron chi connectivity index (χ3n) is 14.2. The Morgan fingerprint density at radius 3 is 1.15 bits per heavy atom. The number of piperidine rings is 2. The van der Waals surface area contributed by atoms with Crippen molar-refractivity contribution in [3.8, 4) is 0 Å². The highest BCUT2D eigenvalue weighted by Gasteiger charge is 2.37. The average molecular weight is 999 g/mol. The predicted molar refractivity (Wildman–Crippen MR) is 257 cm³/mol. The summed E-state index contributed by atoms with van der Waals surface area (Å²) in [5.74, 6) is -7.81. The van der Waals surface area contributed by atoms with E-state index in [1.54, 1.807) is 4.90 Å². The van der Waals surface area contributed by atoms with E-state index < -0.39 is 52.3 Å². The summed E-state index contributed by atoms with van der Waals surface area (Å²) in [6.45, 7) is 6.42. The van der Waals surface area contributed by atoms with Crippen molar-refractivity contribution in [1.82, 2.24) is 19.6 Å². The molecule has 5 aliphatic rings. The number of benzene rings is 4. The third kappa shape index (κ3) is 12.7. The van der Waals surface area contributed by atoms with E-state index in [0.717, 1.165) is 92.8 Å². The first-order valence-corrected chi connectivity index (χ1v) is 24.2. The lowest BCUT2D eigenvalue weighted by Gasteiger charge is -2.31. The van der Waals surface area contributed by atoms with Crippen LogP contribution < -0.4 is 0 Å². The number of carbonyl (C=O) groups is 4. The van der Waals surface area contributed by atoms with Crippen LogP contribution in [-0.4, -0.2) is 108 Å². The lowest BCUT2D eigenvalue weighted by molar-refractivity contribution is -0.132. The molecule has 2 amide bonds. The maximum Gasteiger partial charge on any atom is 0.224 e. The molecule has 0 bridgehead atoms. The fourth-order valence-electron chi connectivity index (χ4n) is 10.3. The van der Waals surface area contributed by atoms with E-state index >= 15 is 0 Å². The number of likely N-dealkylation sites (tertiary alicyclic amines) is 4. The molecule has 0 spiro atoms. The van der Waals surface area contributed by atoms with Gasteiger partial charge < -0.3 is 19.6 Å². The van der Waals surface area contributed by atoms with Gasteiger partial charge in [-0.25, -0.2) is 35.1 Å². The molecular formula is C56H54F8N4O4. The molecule has 4 aromatic carbocycles. The third-order valence-corrected chi connectivity index (χ3v) is 14.2. The van der Waals surface area contributed by atoms with Crippen LogP contribution in [0.3, 0.4) is 0 Å². The molecule has 4 aromatic rings. The Kier molecular flexibility index (Phi) is 16.5. The second kappa shape index (κ2) is 22.9. The summed E-state index contributed by atoms with van der Waals surface area (Å²) in [5, 5.41) is 0. The highest BCUT2D eigenvalue weighted by molar-refractivity contribution is 6.16. The van der Waals surface area contributed by atoms with Crippen molar-refractivity contribution in [3.63, 3.8) is 0 Å². The predicted octanol–water partition coefficient (Wildman–Crippen LogP) is 10.2. The normalized spacial score (nSPS) is 22.9. The number of amides is 2. The minimum Gasteiger partial charge on any atom is -0.334 e. The van der Waals surface area contributed by atoms with Gasteiger partial charge in [0, 0.05) is 93.5 Å². The number of halogens is 8. The fraction of sp³-hybridized carbons (Fsp3) is 0.357. The molecule has 9 rings (SSSR count). The van der Waals surface area contributed by atoms with Crippen molar-refractivity contribution in [2.75, 3.05) is 58.9 Å². The van der Waals surface area contributed by atoms with Crippen LogP contribution >= 0.6 is 0 Å². The van der Waals surface area contributed by atoms with Gasteiger partial charge in [-0.2, -0.15) is 0 Å². The van der Waals surface area contributed by atoms with Gasteiger partial charge in [-0.15, -0.1) is 0 Å². The zero-order valence-corrected chi connectivity index (χ0v) is 39.7. The first-order chi connectivity index (χ1) is 34.5. The maximum atomic E-state index is 13.8.